The highest BCUT2D eigenvalue weighted by Crippen LogP contribution is 2.08. The van der Waals surface area contributed by atoms with Crippen LogP contribution in [0, 0.1) is 0 Å². The number of nitrogen functional groups attached to an aromatic ring is 1. The first-order valence-electron chi connectivity index (χ1n) is 4.12. The molecule has 2 heteroatoms. The predicted molar refractivity (Wildman–Crippen MR) is 54.4 cm³/mol. The van der Waals surface area contributed by atoms with Crippen LogP contribution in [0.1, 0.15) is 12.5 Å². The zero-order chi connectivity index (χ0) is 9.84. The van der Waals surface area contributed by atoms with Crippen molar-refractivity contribution in [3.05, 3.63) is 42.0 Å². The smallest absolute Gasteiger partial charge is 0.162 e. The van der Waals surface area contributed by atoms with E-state index in [4.69, 9.17) is 5.73 Å². The maximum atomic E-state index is 11.3. The van der Waals surface area contributed by atoms with Gasteiger partial charge in [0.2, 0.25) is 0 Å². The van der Waals surface area contributed by atoms with Gasteiger partial charge in [-0.1, -0.05) is 18.7 Å². The summed E-state index contributed by atoms with van der Waals surface area (Å²) in [5.41, 5.74) is 7.79. The molecule has 1 aromatic carbocycles. The zero-order valence-electron chi connectivity index (χ0n) is 7.71. The number of Topliss-reactive ketones (excluding diaryl/α,β-unsaturated/α-hetero) is 1. The number of ketones is 1. The van der Waals surface area contributed by atoms with Gasteiger partial charge in [0.15, 0.2) is 5.78 Å². The Kier molecular flexibility index (Phi) is 2.85. The Hall–Kier alpha value is -1.57. The third-order valence-electron chi connectivity index (χ3n) is 1.79. The van der Waals surface area contributed by atoms with E-state index in [2.05, 4.69) is 6.58 Å². The number of rotatable bonds is 3. The van der Waals surface area contributed by atoms with Crippen LogP contribution in [0.5, 0.6) is 0 Å². The van der Waals surface area contributed by atoms with Crippen molar-refractivity contribution in [1.82, 2.24) is 0 Å². The van der Waals surface area contributed by atoms with Gasteiger partial charge in [-0.15, -0.1) is 0 Å². The first kappa shape index (κ1) is 9.52. The number of carbonyl (C=O) groups excluding carboxylic acids is 1. The van der Waals surface area contributed by atoms with Gasteiger partial charge in [-0.05, 0) is 30.2 Å². The van der Waals surface area contributed by atoms with Crippen LogP contribution in [-0.4, -0.2) is 5.78 Å². The molecule has 2 nitrogen and oxygen atoms in total. The first-order valence-corrected chi connectivity index (χ1v) is 4.12. The molecule has 68 valence electrons. The summed E-state index contributed by atoms with van der Waals surface area (Å²) in [4.78, 5) is 11.3. The van der Waals surface area contributed by atoms with Crippen LogP contribution in [0.3, 0.4) is 0 Å². The molecule has 0 bridgehead atoms. The minimum atomic E-state index is 0.0607. The number of carbonyl (C=O) groups is 1. The van der Waals surface area contributed by atoms with Crippen LogP contribution < -0.4 is 5.73 Å². The number of hydrogen-bond donors (Lipinski definition) is 1. The Morgan fingerprint density at radius 1 is 1.54 bits per heavy atom. The second-order valence-electron chi connectivity index (χ2n) is 3.13. The lowest BCUT2D eigenvalue weighted by Crippen LogP contribution is -2.03. The second kappa shape index (κ2) is 3.90. The van der Waals surface area contributed by atoms with E-state index in [1.54, 1.807) is 19.1 Å². The molecule has 0 radical (unpaired) electrons. The lowest BCUT2D eigenvalue weighted by molar-refractivity contribution is -0.114. The molecule has 0 fully saturated rings. The predicted octanol–water partition coefficient (Wildman–Crippen LogP) is 1.96. The number of nitrogens with two attached hydrogens (primary N) is 1. The van der Waals surface area contributed by atoms with Gasteiger partial charge in [0.25, 0.3) is 0 Å². The Morgan fingerprint density at radius 3 is 2.77 bits per heavy atom. The van der Waals surface area contributed by atoms with Gasteiger partial charge in [-0.25, -0.2) is 0 Å². The lowest BCUT2D eigenvalue weighted by atomic mass is 10.0. The third-order valence-corrected chi connectivity index (χ3v) is 1.79. The van der Waals surface area contributed by atoms with Crippen LogP contribution in [0.4, 0.5) is 5.69 Å². The van der Waals surface area contributed by atoms with Crippen molar-refractivity contribution in [1.29, 1.82) is 0 Å². The van der Waals surface area contributed by atoms with Crippen LogP contribution in [0.25, 0.3) is 0 Å². The highest BCUT2D eigenvalue weighted by molar-refractivity contribution is 5.95. The quantitative estimate of drug-likeness (QED) is 0.563. The van der Waals surface area contributed by atoms with Gasteiger partial charge in [0.05, 0.1) is 0 Å². The van der Waals surface area contributed by atoms with E-state index in [1.807, 2.05) is 12.1 Å². The topological polar surface area (TPSA) is 43.1 Å². The molecule has 0 atom stereocenters. The number of benzene rings is 1. The summed E-state index contributed by atoms with van der Waals surface area (Å²) in [5.74, 6) is 0.0607. The summed E-state index contributed by atoms with van der Waals surface area (Å²) in [6.07, 6.45) is 0.389. The fourth-order valence-electron chi connectivity index (χ4n) is 1.04. The van der Waals surface area contributed by atoms with E-state index in [0.717, 1.165) is 5.56 Å². The molecule has 0 aliphatic rings. The molecule has 0 aliphatic heterocycles. The van der Waals surface area contributed by atoms with E-state index < -0.39 is 0 Å². The van der Waals surface area contributed by atoms with Crippen molar-refractivity contribution in [2.75, 3.05) is 5.73 Å². The number of allylic oxidation sites excluding steroid dienone is 1. The minimum absolute atomic E-state index is 0.0607. The fourth-order valence-corrected chi connectivity index (χ4v) is 1.04. The summed E-state index contributed by atoms with van der Waals surface area (Å²) in [5, 5.41) is 0. The third kappa shape index (κ3) is 2.75. The molecule has 0 aromatic heterocycles. The Balaban J connectivity index is 2.75. The van der Waals surface area contributed by atoms with Crippen molar-refractivity contribution >= 4 is 11.5 Å². The molecule has 0 saturated carbocycles. The summed E-state index contributed by atoms with van der Waals surface area (Å²) in [6, 6.07) is 7.34. The Bertz CT molecular complexity index is 342. The molecule has 0 unspecified atom stereocenters. The monoisotopic (exact) mass is 175 g/mol. The van der Waals surface area contributed by atoms with Crippen LogP contribution in [0.15, 0.2) is 36.4 Å². The van der Waals surface area contributed by atoms with Crippen LogP contribution in [0.2, 0.25) is 0 Å². The average molecular weight is 175 g/mol. The molecule has 1 aromatic rings. The summed E-state index contributed by atoms with van der Waals surface area (Å²) in [6.45, 7) is 5.31. The fraction of sp³-hybridized carbons (Fsp3) is 0.182. The van der Waals surface area contributed by atoms with Gasteiger partial charge < -0.3 is 5.73 Å². The minimum Gasteiger partial charge on any atom is -0.399 e. The van der Waals surface area contributed by atoms with Gasteiger partial charge in [0.1, 0.15) is 0 Å². The van der Waals surface area contributed by atoms with Gasteiger partial charge in [-0.2, -0.15) is 0 Å². The molecule has 0 aliphatic carbocycles. The van der Waals surface area contributed by atoms with E-state index in [9.17, 15) is 4.79 Å². The average Bonchev–Trinajstić information content (AvgIpc) is 2.04. The van der Waals surface area contributed by atoms with Gasteiger partial charge in [0, 0.05) is 12.1 Å². The number of anilines is 1. The number of hydrogen-bond acceptors (Lipinski definition) is 2. The highest BCUT2D eigenvalue weighted by Gasteiger charge is 2.03. The Morgan fingerprint density at radius 2 is 2.23 bits per heavy atom. The Labute approximate surface area is 78.1 Å². The SMILES string of the molecule is C=C(C)C(=O)Cc1cccc(N)c1. The molecule has 0 spiro atoms. The summed E-state index contributed by atoms with van der Waals surface area (Å²) >= 11 is 0. The van der Waals surface area contributed by atoms with Crippen molar-refractivity contribution < 1.29 is 4.79 Å². The van der Waals surface area contributed by atoms with Crippen molar-refractivity contribution in [2.24, 2.45) is 0 Å². The van der Waals surface area contributed by atoms with Crippen LogP contribution >= 0.6 is 0 Å². The van der Waals surface area contributed by atoms with E-state index in [-0.39, 0.29) is 5.78 Å². The van der Waals surface area contributed by atoms with Crippen molar-refractivity contribution in [3.63, 3.8) is 0 Å². The van der Waals surface area contributed by atoms with Crippen molar-refractivity contribution in [2.45, 2.75) is 13.3 Å². The molecular weight excluding hydrogens is 162 g/mol. The van der Waals surface area contributed by atoms with Gasteiger partial charge >= 0.3 is 0 Å². The molecule has 0 amide bonds. The molecular formula is C11H13NO. The summed E-state index contributed by atoms with van der Waals surface area (Å²) in [7, 11) is 0. The maximum absolute atomic E-state index is 11.3. The van der Waals surface area contributed by atoms with E-state index in [0.29, 0.717) is 17.7 Å². The molecule has 2 N–H and O–H groups in total. The van der Waals surface area contributed by atoms with Crippen molar-refractivity contribution in [3.8, 4) is 0 Å². The van der Waals surface area contributed by atoms with Crippen LogP contribution in [-0.2, 0) is 11.2 Å². The highest BCUT2D eigenvalue weighted by atomic mass is 16.1. The first-order chi connectivity index (χ1) is 6.09. The van der Waals surface area contributed by atoms with E-state index >= 15 is 0 Å². The van der Waals surface area contributed by atoms with Gasteiger partial charge in [-0.3, -0.25) is 4.79 Å². The van der Waals surface area contributed by atoms with E-state index in [1.165, 1.54) is 0 Å². The zero-order valence-corrected chi connectivity index (χ0v) is 7.71. The molecule has 0 heterocycles. The second-order valence-corrected chi connectivity index (χ2v) is 3.13. The molecule has 0 saturated heterocycles. The normalized spacial score (nSPS) is 9.62. The standard InChI is InChI=1S/C11H13NO/c1-8(2)11(13)7-9-4-3-5-10(12)6-9/h3-6H,1,7,12H2,2H3. The lowest BCUT2D eigenvalue weighted by Gasteiger charge is -2.01. The maximum Gasteiger partial charge on any atom is 0.162 e. The largest absolute Gasteiger partial charge is 0.399 e. The summed E-state index contributed by atoms with van der Waals surface area (Å²) < 4.78 is 0. The molecule has 1 rings (SSSR count). The molecule has 13 heavy (non-hydrogen) atoms.